The van der Waals surface area contributed by atoms with Crippen molar-refractivity contribution in [3.8, 4) is 0 Å². The number of aliphatic hydroxyl groups excluding tert-OH is 1. The lowest BCUT2D eigenvalue weighted by atomic mass is 9.77. The van der Waals surface area contributed by atoms with E-state index in [9.17, 15) is 14.3 Å². The first kappa shape index (κ1) is 13.5. The Morgan fingerprint density at radius 1 is 1.26 bits per heavy atom. The van der Waals surface area contributed by atoms with E-state index in [2.05, 4.69) is 4.99 Å². The minimum absolute atomic E-state index is 0.0760. The Hall–Kier alpha value is -1.97. The van der Waals surface area contributed by atoms with Crippen molar-refractivity contribution in [2.75, 3.05) is 0 Å². The SMILES string of the molecule is CC1(C)CC(=O)C(C=Nc2ccc(F)cc2)=C(O)C1. The van der Waals surface area contributed by atoms with E-state index >= 15 is 0 Å². The van der Waals surface area contributed by atoms with Crippen LogP contribution >= 0.6 is 0 Å². The number of aliphatic imine (C=N–C) groups is 1. The second-order valence-electron chi connectivity index (χ2n) is 5.54. The van der Waals surface area contributed by atoms with Crippen molar-refractivity contribution in [2.24, 2.45) is 10.4 Å². The van der Waals surface area contributed by atoms with Gasteiger partial charge in [0.15, 0.2) is 5.78 Å². The summed E-state index contributed by atoms with van der Waals surface area (Å²) < 4.78 is 12.7. The Morgan fingerprint density at radius 2 is 1.89 bits per heavy atom. The number of ketones is 1. The van der Waals surface area contributed by atoms with E-state index in [1.165, 1.54) is 30.5 Å². The van der Waals surface area contributed by atoms with Crippen molar-refractivity contribution in [2.45, 2.75) is 26.7 Å². The molecule has 0 unspecified atom stereocenters. The second-order valence-corrected chi connectivity index (χ2v) is 5.54. The van der Waals surface area contributed by atoms with Crippen molar-refractivity contribution in [1.29, 1.82) is 0 Å². The van der Waals surface area contributed by atoms with Crippen molar-refractivity contribution in [3.63, 3.8) is 0 Å². The summed E-state index contributed by atoms with van der Waals surface area (Å²) in [6.07, 6.45) is 2.21. The molecule has 0 saturated heterocycles. The molecule has 1 aromatic rings. The van der Waals surface area contributed by atoms with Gasteiger partial charge in [0.05, 0.1) is 11.3 Å². The summed E-state index contributed by atoms with van der Waals surface area (Å²) in [6, 6.07) is 5.63. The molecule has 0 amide bonds. The van der Waals surface area contributed by atoms with E-state index in [1.807, 2.05) is 13.8 Å². The molecule has 100 valence electrons. The summed E-state index contributed by atoms with van der Waals surface area (Å²) in [5, 5.41) is 9.90. The summed E-state index contributed by atoms with van der Waals surface area (Å²) in [7, 11) is 0. The van der Waals surface area contributed by atoms with Gasteiger partial charge in [-0.05, 0) is 29.7 Å². The van der Waals surface area contributed by atoms with Crippen LogP contribution in [0.15, 0.2) is 40.6 Å². The van der Waals surface area contributed by atoms with Gasteiger partial charge in [-0.15, -0.1) is 0 Å². The standard InChI is InChI=1S/C15H16FNO2/c1-15(2)7-13(18)12(14(19)8-15)9-17-11-5-3-10(16)4-6-11/h3-6,9,18H,7-8H2,1-2H3. The van der Waals surface area contributed by atoms with E-state index < -0.39 is 0 Å². The van der Waals surface area contributed by atoms with E-state index in [0.717, 1.165) is 0 Å². The first-order valence-electron chi connectivity index (χ1n) is 6.12. The highest BCUT2D eigenvalue weighted by Gasteiger charge is 2.32. The maximum absolute atomic E-state index is 12.7. The predicted molar refractivity (Wildman–Crippen MR) is 72.2 cm³/mol. The lowest BCUT2D eigenvalue weighted by Gasteiger charge is -2.28. The summed E-state index contributed by atoms with van der Waals surface area (Å²) in [4.78, 5) is 16.0. The maximum Gasteiger partial charge on any atom is 0.168 e. The van der Waals surface area contributed by atoms with Crippen molar-refractivity contribution in [1.82, 2.24) is 0 Å². The molecule has 0 atom stereocenters. The predicted octanol–water partition coefficient (Wildman–Crippen LogP) is 3.73. The normalized spacial score (nSPS) is 19.2. The van der Waals surface area contributed by atoms with Gasteiger partial charge in [-0.1, -0.05) is 13.8 Å². The molecule has 0 aliphatic heterocycles. The maximum atomic E-state index is 12.7. The molecule has 1 aromatic carbocycles. The molecule has 1 N–H and O–H groups in total. The van der Waals surface area contributed by atoms with E-state index in [0.29, 0.717) is 18.5 Å². The van der Waals surface area contributed by atoms with Crippen LogP contribution in [0, 0.1) is 11.2 Å². The third-order valence-electron chi connectivity index (χ3n) is 3.07. The van der Waals surface area contributed by atoms with Crippen LogP contribution in [0.25, 0.3) is 0 Å². The lowest BCUT2D eigenvalue weighted by molar-refractivity contribution is -0.117. The highest BCUT2D eigenvalue weighted by molar-refractivity contribution is 6.14. The molecule has 2 rings (SSSR count). The molecule has 0 spiro atoms. The van der Waals surface area contributed by atoms with Crippen LogP contribution in [0.3, 0.4) is 0 Å². The number of allylic oxidation sites excluding steroid dienone is 2. The highest BCUT2D eigenvalue weighted by Crippen LogP contribution is 2.35. The quantitative estimate of drug-likeness (QED) is 0.825. The molecule has 4 heteroatoms. The second kappa shape index (κ2) is 4.96. The first-order chi connectivity index (χ1) is 8.87. The molecule has 1 aliphatic carbocycles. The van der Waals surface area contributed by atoms with Crippen molar-refractivity contribution in [3.05, 3.63) is 41.4 Å². The number of benzene rings is 1. The number of aliphatic hydroxyl groups is 1. The minimum Gasteiger partial charge on any atom is -0.511 e. The smallest absolute Gasteiger partial charge is 0.168 e. The Bertz CT molecular complexity index is 556. The fourth-order valence-corrected chi connectivity index (χ4v) is 2.11. The third kappa shape index (κ3) is 3.28. The van der Waals surface area contributed by atoms with Gasteiger partial charge in [-0.3, -0.25) is 9.79 Å². The Labute approximate surface area is 111 Å². The van der Waals surface area contributed by atoms with E-state index in [-0.39, 0.29) is 28.3 Å². The van der Waals surface area contributed by atoms with Crippen LogP contribution < -0.4 is 0 Å². The van der Waals surface area contributed by atoms with Gasteiger partial charge in [0.1, 0.15) is 11.6 Å². The number of hydrogen-bond donors (Lipinski definition) is 1. The number of hydrogen-bond acceptors (Lipinski definition) is 3. The molecule has 0 aromatic heterocycles. The Morgan fingerprint density at radius 3 is 2.47 bits per heavy atom. The van der Waals surface area contributed by atoms with Gasteiger partial charge < -0.3 is 5.11 Å². The van der Waals surface area contributed by atoms with Crippen LogP contribution in [-0.4, -0.2) is 17.1 Å². The Kier molecular flexibility index (Phi) is 3.51. The lowest BCUT2D eigenvalue weighted by Crippen LogP contribution is -2.26. The number of carbonyl (C=O) groups is 1. The zero-order chi connectivity index (χ0) is 14.0. The molecular formula is C15H16FNO2. The number of Topliss-reactive ketones (excluding diaryl/α,β-unsaturated/α-hetero) is 1. The molecule has 19 heavy (non-hydrogen) atoms. The average Bonchev–Trinajstić information content (AvgIpc) is 2.29. The molecular weight excluding hydrogens is 245 g/mol. The van der Waals surface area contributed by atoms with Gasteiger partial charge in [0.2, 0.25) is 0 Å². The summed E-state index contributed by atoms with van der Waals surface area (Å²) in [5.74, 6) is -0.372. The minimum atomic E-state index is -0.337. The number of rotatable bonds is 2. The molecule has 0 heterocycles. The van der Waals surface area contributed by atoms with Gasteiger partial charge in [-0.25, -0.2) is 4.39 Å². The van der Waals surface area contributed by atoms with E-state index in [4.69, 9.17) is 0 Å². The zero-order valence-electron chi connectivity index (χ0n) is 11.0. The largest absolute Gasteiger partial charge is 0.511 e. The van der Waals surface area contributed by atoms with Crippen LogP contribution in [-0.2, 0) is 4.79 Å². The van der Waals surface area contributed by atoms with Gasteiger partial charge >= 0.3 is 0 Å². The average molecular weight is 261 g/mol. The monoisotopic (exact) mass is 261 g/mol. The van der Waals surface area contributed by atoms with Gasteiger partial charge in [-0.2, -0.15) is 0 Å². The molecule has 3 nitrogen and oxygen atoms in total. The highest BCUT2D eigenvalue weighted by atomic mass is 19.1. The van der Waals surface area contributed by atoms with Crippen LogP contribution in [0.1, 0.15) is 26.7 Å². The number of carbonyl (C=O) groups excluding carboxylic acids is 1. The van der Waals surface area contributed by atoms with Crippen LogP contribution in [0.4, 0.5) is 10.1 Å². The van der Waals surface area contributed by atoms with Crippen molar-refractivity contribution < 1.29 is 14.3 Å². The fraction of sp³-hybridized carbons (Fsp3) is 0.333. The van der Waals surface area contributed by atoms with Gasteiger partial charge in [0, 0.05) is 19.1 Å². The molecule has 0 bridgehead atoms. The van der Waals surface area contributed by atoms with Crippen LogP contribution in [0.2, 0.25) is 0 Å². The fourth-order valence-electron chi connectivity index (χ4n) is 2.11. The molecule has 1 aliphatic rings. The zero-order valence-corrected chi connectivity index (χ0v) is 11.0. The Balaban J connectivity index is 2.23. The molecule has 0 saturated carbocycles. The third-order valence-corrected chi connectivity index (χ3v) is 3.07. The van der Waals surface area contributed by atoms with Crippen LogP contribution in [0.5, 0.6) is 0 Å². The summed E-state index contributed by atoms with van der Waals surface area (Å²) >= 11 is 0. The first-order valence-corrected chi connectivity index (χ1v) is 6.12. The van der Waals surface area contributed by atoms with Gasteiger partial charge in [0.25, 0.3) is 0 Å². The number of nitrogens with zero attached hydrogens (tertiary/aromatic N) is 1. The van der Waals surface area contributed by atoms with E-state index in [1.54, 1.807) is 0 Å². The van der Waals surface area contributed by atoms with Crippen molar-refractivity contribution >= 4 is 17.7 Å². The molecule has 0 radical (unpaired) electrons. The summed E-state index contributed by atoms with van der Waals surface area (Å²) in [5.41, 5.74) is 0.581. The number of halogens is 1. The summed E-state index contributed by atoms with van der Waals surface area (Å²) in [6.45, 7) is 3.88. The topological polar surface area (TPSA) is 49.7 Å². The molecule has 0 fully saturated rings.